The lowest BCUT2D eigenvalue weighted by Gasteiger charge is -2.30. The fourth-order valence-corrected chi connectivity index (χ4v) is 3.70. The molecule has 7 heteroatoms. The molecule has 6 nitrogen and oxygen atoms in total. The topological polar surface area (TPSA) is 65.7 Å². The number of likely N-dealkylation sites (tertiary alicyclic amines) is 1. The lowest BCUT2D eigenvalue weighted by molar-refractivity contribution is 0.166. The summed E-state index contributed by atoms with van der Waals surface area (Å²) in [7, 11) is 0. The zero-order valence-electron chi connectivity index (χ0n) is 18.6. The average molecular weight is 525 g/mol. The molecule has 2 N–H and O–H groups in total. The molecule has 166 valence electrons. The van der Waals surface area contributed by atoms with Gasteiger partial charge >= 0.3 is 0 Å². The van der Waals surface area contributed by atoms with Gasteiger partial charge < -0.3 is 15.1 Å². The average Bonchev–Trinajstić information content (AvgIpc) is 3.05. The number of piperidine rings is 1. The highest BCUT2D eigenvalue weighted by atomic mass is 127. The largest absolute Gasteiger partial charge is 0.444 e. The Kier molecular flexibility index (Phi) is 10.1. The Morgan fingerprint density at radius 2 is 1.93 bits per heavy atom. The molecule has 1 saturated heterocycles. The quantitative estimate of drug-likeness (QED) is 0.318. The first-order valence-corrected chi connectivity index (χ1v) is 10.8. The standard InChI is InChI=1S/C23H35N5O.HI/c1-5-24-23(27-18(3)21-9-7-6-8-10-21)25-15-20-11-13-28(14-12-20)16-22-26-17(2)19(4)29-22;/h6-10,18,20H,5,11-16H2,1-4H3,(H2,24,25,27);1H. The van der Waals surface area contributed by atoms with Gasteiger partial charge in [0.25, 0.3) is 0 Å². The van der Waals surface area contributed by atoms with Gasteiger partial charge in [-0.2, -0.15) is 0 Å². The molecule has 1 aliphatic heterocycles. The SMILES string of the molecule is CCNC(=NCC1CCN(Cc2nc(C)c(C)o2)CC1)NC(C)c1ccccc1.I. The summed E-state index contributed by atoms with van der Waals surface area (Å²) < 4.78 is 5.73. The Hall–Kier alpha value is -1.61. The molecule has 1 atom stereocenters. The second-order valence-corrected chi connectivity index (χ2v) is 7.97. The van der Waals surface area contributed by atoms with Crippen LogP contribution < -0.4 is 10.6 Å². The normalized spacial score (nSPS) is 16.7. The fraction of sp³-hybridized carbons (Fsp3) is 0.565. The number of nitrogens with one attached hydrogen (secondary N) is 2. The van der Waals surface area contributed by atoms with Crippen LogP contribution >= 0.6 is 24.0 Å². The Labute approximate surface area is 198 Å². The van der Waals surface area contributed by atoms with Gasteiger partial charge in [-0.1, -0.05) is 30.3 Å². The highest BCUT2D eigenvalue weighted by Crippen LogP contribution is 2.20. The zero-order valence-corrected chi connectivity index (χ0v) is 21.0. The molecule has 0 saturated carbocycles. The monoisotopic (exact) mass is 525 g/mol. The minimum atomic E-state index is 0. The maximum Gasteiger partial charge on any atom is 0.208 e. The summed E-state index contributed by atoms with van der Waals surface area (Å²) in [5.41, 5.74) is 2.26. The van der Waals surface area contributed by atoms with Crippen molar-refractivity contribution in [1.82, 2.24) is 20.5 Å². The summed E-state index contributed by atoms with van der Waals surface area (Å²) in [5, 5.41) is 6.91. The number of aliphatic imine (C=N–C) groups is 1. The van der Waals surface area contributed by atoms with Crippen molar-refractivity contribution >= 4 is 29.9 Å². The molecular weight excluding hydrogens is 489 g/mol. The molecule has 0 aliphatic carbocycles. The van der Waals surface area contributed by atoms with Crippen LogP contribution in [0, 0.1) is 19.8 Å². The number of aryl methyl sites for hydroxylation is 2. The van der Waals surface area contributed by atoms with E-state index in [9.17, 15) is 0 Å². The number of oxazole rings is 1. The number of hydrogen-bond acceptors (Lipinski definition) is 4. The Bertz CT molecular complexity index is 765. The van der Waals surface area contributed by atoms with E-state index in [1.54, 1.807) is 0 Å². The minimum Gasteiger partial charge on any atom is -0.444 e. The predicted molar refractivity (Wildman–Crippen MR) is 133 cm³/mol. The van der Waals surface area contributed by atoms with Crippen molar-refractivity contribution in [2.24, 2.45) is 10.9 Å². The number of guanidine groups is 1. The van der Waals surface area contributed by atoms with Gasteiger partial charge in [0.1, 0.15) is 5.76 Å². The molecule has 2 heterocycles. The van der Waals surface area contributed by atoms with Gasteiger partial charge in [0, 0.05) is 13.1 Å². The van der Waals surface area contributed by atoms with Crippen LogP contribution in [0.5, 0.6) is 0 Å². The predicted octanol–water partition coefficient (Wildman–Crippen LogP) is 4.44. The maximum absolute atomic E-state index is 5.73. The molecule has 1 aromatic carbocycles. The van der Waals surface area contributed by atoms with Crippen molar-refractivity contribution in [2.75, 3.05) is 26.2 Å². The molecule has 1 fully saturated rings. The van der Waals surface area contributed by atoms with Gasteiger partial charge in [0.05, 0.1) is 18.3 Å². The van der Waals surface area contributed by atoms with Gasteiger partial charge in [-0.3, -0.25) is 9.89 Å². The van der Waals surface area contributed by atoms with Crippen LogP contribution in [0.4, 0.5) is 0 Å². The summed E-state index contributed by atoms with van der Waals surface area (Å²) in [6.45, 7) is 12.9. The van der Waals surface area contributed by atoms with Gasteiger partial charge in [-0.05, 0) is 65.1 Å². The van der Waals surface area contributed by atoms with Crippen molar-refractivity contribution in [2.45, 2.75) is 53.1 Å². The molecule has 0 spiro atoms. The third kappa shape index (κ3) is 7.27. The molecule has 1 aliphatic rings. The van der Waals surface area contributed by atoms with Crippen molar-refractivity contribution in [3.05, 3.63) is 53.2 Å². The first-order chi connectivity index (χ1) is 14.0. The number of hydrogen-bond donors (Lipinski definition) is 2. The molecule has 0 radical (unpaired) electrons. The van der Waals surface area contributed by atoms with E-state index < -0.39 is 0 Å². The van der Waals surface area contributed by atoms with Crippen LogP contribution in [-0.4, -0.2) is 42.0 Å². The molecule has 0 amide bonds. The molecule has 3 rings (SSSR count). The summed E-state index contributed by atoms with van der Waals surface area (Å²) >= 11 is 0. The van der Waals surface area contributed by atoms with E-state index in [0.29, 0.717) is 5.92 Å². The molecule has 0 bridgehead atoms. The van der Waals surface area contributed by atoms with Gasteiger partial charge in [0.15, 0.2) is 5.96 Å². The zero-order chi connectivity index (χ0) is 20.6. The van der Waals surface area contributed by atoms with E-state index in [-0.39, 0.29) is 30.0 Å². The van der Waals surface area contributed by atoms with E-state index in [0.717, 1.165) is 68.9 Å². The number of nitrogens with zero attached hydrogens (tertiary/aromatic N) is 3. The van der Waals surface area contributed by atoms with Crippen LogP contribution in [0.15, 0.2) is 39.7 Å². The van der Waals surface area contributed by atoms with Gasteiger partial charge in [-0.15, -0.1) is 24.0 Å². The Morgan fingerprint density at radius 3 is 2.53 bits per heavy atom. The van der Waals surface area contributed by atoms with Crippen molar-refractivity contribution in [3.8, 4) is 0 Å². The molecule has 1 unspecified atom stereocenters. The van der Waals surface area contributed by atoms with Crippen LogP contribution in [-0.2, 0) is 6.54 Å². The van der Waals surface area contributed by atoms with E-state index in [4.69, 9.17) is 9.41 Å². The van der Waals surface area contributed by atoms with E-state index in [1.165, 1.54) is 5.56 Å². The third-order valence-electron chi connectivity index (χ3n) is 5.64. The summed E-state index contributed by atoms with van der Waals surface area (Å²) in [5.74, 6) is 3.29. The number of halogens is 1. The highest BCUT2D eigenvalue weighted by Gasteiger charge is 2.21. The van der Waals surface area contributed by atoms with Gasteiger partial charge in [-0.25, -0.2) is 4.98 Å². The van der Waals surface area contributed by atoms with Crippen LogP contribution in [0.1, 0.15) is 55.6 Å². The van der Waals surface area contributed by atoms with Crippen LogP contribution in [0.2, 0.25) is 0 Å². The molecule has 30 heavy (non-hydrogen) atoms. The summed E-state index contributed by atoms with van der Waals surface area (Å²) in [6, 6.07) is 10.7. The van der Waals surface area contributed by atoms with Crippen LogP contribution in [0.25, 0.3) is 0 Å². The maximum atomic E-state index is 5.73. The highest BCUT2D eigenvalue weighted by molar-refractivity contribution is 14.0. The molecule has 1 aromatic heterocycles. The minimum absolute atomic E-state index is 0. The number of rotatable bonds is 7. The first kappa shape index (κ1) is 24.7. The smallest absolute Gasteiger partial charge is 0.208 e. The van der Waals surface area contributed by atoms with E-state index in [1.807, 2.05) is 19.9 Å². The molecule has 2 aromatic rings. The third-order valence-corrected chi connectivity index (χ3v) is 5.64. The summed E-state index contributed by atoms with van der Waals surface area (Å²) in [6.07, 6.45) is 2.33. The number of aromatic nitrogens is 1. The lowest BCUT2D eigenvalue weighted by Crippen LogP contribution is -2.39. The first-order valence-electron chi connectivity index (χ1n) is 10.8. The number of benzene rings is 1. The Balaban J connectivity index is 0.00000320. The Morgan fingerprint density at radius 1 is 1.23 bits per heavy atom. The van der Waals surface area contributed by atoms with Crippen molar-refractivity contribution in [3.63, 3.8) is 0 Å². The van der Waals surface area contributed by atoms with E-state index >= 15 is 0 Å². The van der Waals surface area contributed by atoms with Crippen LogP contribution in [0.3, 0.4) is 0 Å². The van der Waals surface area contributed by atoms with Gasteiger partial charge in [0.2, 0.25) is 5.89 Å². The molecular formula is C23H36IN5O. The fourth-order valence-electron chi connectivity index (χ4n) is 3.70. The second kappa shape index (κ2) is 12.3. The second-order valence-electron chi connectivity index (χ2n) is 7.97. The lowest BCUT2D eigenvalue weighted by atomic mass is 9.97. The summed E-state index contributed by atoms with van der Waals surface area (Å²) in [4.78, 5) is 11.8. The van der Waals surface area contributed by atoms with Crippen molar-refractivity contribution in [1.29, 1.82) is 0 Å². The van der Waals surface area contributed by atoms with E-state index in [2.05, 4.69) is 58.6 Å². The van der Waals surface area contributed by atoms with Crippen molar-refractivity contribution < 1.29 is 4.42 Å².